The van der Waals surface area contributed by atoms with Gasteiger partial charge in [-0.05, 0) is 30.0 Å². The molecule has 0 aliphatic heterocycles. The van der Waals surface area contributed by atoms with Crippen molar-refractivity contribution in [2.24, 2.45) is 23.1 Å². The molecule has 0 saturated heterocycles. The first-order chi connectivity index (χ1) is 14.0. The Labute approximate surface area is 175 Å². The molecule has 1 aromatic carbocycles. The van der Waals surface area contributed by atoms with Crippen LogP contribution in [0.3, 0.4) is 0 Å². The topological polar surface area (TPSA) is 191 Å². The highest BCUT2D eigenvalue weighted by molar-refractivity contribution is 5.93. The summed E-state index contributed by atoms with van der Waals surface area (Å²) in [5.74, 6) is -2.63. The van der Waals surface area contributed by atoms with E-state index in [9.17, 15) is 24.3 Å². The first-order valence-corrected chi connectivity index (χ1v) is 9.77. The van der Waals surface area contributed by atoms with Gasteiger partial charge in [-0.25, -0.2) is 0 Å². The second-order valence-electron chi connectivity index (χ2n) is 7.32. The second kappa shape index (κ2) is 11.8. The van der Waals surface area contributed by atoms with E-state index in [1.807, 2.05) is 6.92 Å². The van der Waals surface area contributed by atoms with Crippen LogP contribution in [-0.4, -0.2) is 46.9 Å². The summed E-state index contributed by atoms with van der Waals surface area (Å²) in [5, 5.41) is 14.6. The lowest BCUT2D eigenvalue weighted by atomic mass is 9.97. The fourth-order valence-electron chi connectivity index (χ4n) is 2.77. The van der Waals surface area contributed by atoms with Crippen LogP contribution in [0.15, 0.2) is 24.3 Å². The molecule has 166 valence electrons. The number of primary amides is 2. The minimum Gasteiger partial charge on any atom is -0.508 e. The summed E-state index contributed by atoms with van der Waals surface area (Å²) < 4.78 is 0. The lowest BCUT2D eigenvalue weighted by Gasteiger charge is -2.26. The predicted octanol–water partition coefficient (Wildman–Crippen LogP) is -0.971. The molecule has 0 aliphatic rings. The Balaban J connectivity index is 2.99. The Morgan fingerprint density at radius 2 is 1.63 bits per heavy atom. The molecule has 0 heterocycles. The molecule has 0 radical (unpaired) electrons. The van der Waals surface area contributed by atoms with Gasteiger partial charge in [0.05, 0.1) is 6.04 Å². The van der Waals surface area contributed by atoms with Crippen molar-refractivity contribution in [1.82, 2.24) is 10.6 Å². The van der Waals surface area contributed by atoms with Gasteiger partial charge in [-0.15, -0.1) is 0 Å². The van der Waals surface area contributed by atoms with Gasteiger partial charge < -0.3 is 32.9 Å². The first-order valence-electron chi connectivity index (χ1n) is 9.77. The van der Waals surface area contributed by atoms with Crippen LogP contribution in [0.1, 0.15) is 38.7 Å². The monoisotopic (exact) mass is 421 g/mol. The van der Waals surface area contributed by atoms with E-state index in [1.54, 1.807) is 19.1 Å². The molecule has 0 aromatic heterocycles. The minimum absolute atomic E-state index is 0.0332. The summed E-state index contributed by atoms with van der Waals surface area (Å²) >= 11 is 0. The van der Waals surface area contributed by atoms with Crippen molar-refractivity contribution in [1.29, 1.82) is 0 Å². The second-order valence-corrected chi connectivity index (χ2v) is 7.32. The Bertz CT molecular complexity index is 752. The molecule has 0 aliphatic carbocycles. The number of hydrogen-bond donors (Lipinski definition) is 6. The van der Waals surface area contributed by atoms with Gasteiger partial charge >= 0.3 is 0 Å². The summed E-state index contributed by atoms with van der Waals surface area (Å²) in [4.78, 5) is 48.0. The van der Waals surface area contributed by atoms with Crippen LogP contribution >= 0.6 is 0 Å². The molecule has 0 spiro atoms. The van der Waals surface area contributed by atoms with Crippen molar-refractivity contribution in [3.8, 4) is 5.75 Å². The van der Waals surface area contributed by atoms with Crippen molar-refractivity contribution in [3.05, 3.63) is 29.8 Å². The minimum atomic E-state index is -1.05. The first kappa shape index (κ1) is 24.9. The highest BCUT2D eigenvalue weighted by Gasteiger charge is 2.29. The number of nitrogens with one attached hydrogen (secondary N) is 2. The molecule has 4 atom stereocenters. The molecule has 0 fully saturated rings. The van der Waals surface area contributed by atoms with Gasteiger partial charge in [0, 0.05) is 12.8 Å². The summed E-state index contributed by atoms with van der Waals surface area (Å²) in [6, 6.07) is 3.14. The average molecular weight is 421 g/mol. The number of rotatable bonds is 12. The van der Waals surface area contributed by atoms with Crippen LogP contribution in [0, 0.1) is 5.92 Å². The van der Waals surface area contributed by atoms with E-state index in [0.717, 1.165) is 0 Å². The maximum absolute atomic E-state index is 12.9. The molecular weight excluding hydrogens is 390 g/mol. The van der Waals surface area contributed by atoms with Crippen molar-refractivity contribution in [3.63, 3.8) is 0 Å². The number of benzene rings is 1. The van der Waals surface area contributed by atoms with Gasteiger partial charge in [0.2, 0.25) is 23.6 Å². The van der Waals surface area contributed by atoms with Crippen molar-refractivity contribution in [2.45, 2.75) is 57.7 Å². The zero-order valence-corrected chi connectivity index (χ0v) is 17.3. The molecular formula is C20H31N5O5. The van der Waals surface area contributed by atoms with Crippen molar-refractivity contribution < 1.29 is 24.3 Å². The Morgan fingerprint density at radius 3 is 2.13 bits per heavy atom. The Kier molecular flexibility index (Phi) is 9.76. The SMILES string of the molecule is CC[C@H](C)[C@H](NC(=O)[C@H](Cc1ccc(O)cc1)NC(=O)[C@@H](N)CCC(N)=O)C(N)=O. The van der Waals surface area contributed by atoms with Gasteiger partial charge in [0.15, 0.2) is 0 Å². The Morgan fingerprint density at radius 1 is 1.03 bits per heavy atom. The number of nitrogens with two attached hydrogens (primary N) is 3. The van der Waals surface area contributed by atoms with Crippen molar-refractivity contribution in [2.75, 3.05) is 0 Å². The number of phenols is 1. The molecule has 30 heavy (non-hydrogen) atoms. The lowest BCUT2D eigenvalue weighted by Crippen LogP contribution is -2.57. The van der Waals surface area contributed by atoms with Crippen LogP contribution in [0.5, 0.6) is 5.75 Å². The van der Waals surface area contributed by atoms with Crippen LogP contribution in [0.25, 0.3) is 0 Å². The van der Waals surface area contributed by atoms with Gasteiger partial charge in [-0.2, -0.15) is 0 Å². The van der Waals surface area contributed by atoms with E-state index < -0.39 is 41.8 Å². The number of amides is 4. The standard InChI is InChI=1S/C20H31N5O5/c1-3-11(2)17(18(23)28)25-20(30)15(10-12-4-6-13(26)7-5-12)24-19(29)14(21)8-9-16(22)27/h4-7,11,14-15,17,26H,3,8-10,21H2,1-2H3,(H2,22,27)(H2,23,28)(H,24,29)(H,25,30)/t11-,14-,15-,17-/m0/s1. The number of aromatic hydroxyl groups is 1. The normalized spacial score (nSPS) is 14.8. The molecule has 9 N–H and O–H groups in total. The number of phenolic OH excluding ortho intramolecular Hbond substituents is 1. The smallest absolute Gasteiger partial charge is 0.243 e. The summed E-state index contributed by atoms with van der Waals surface area (Å²) in [5.41, 5.74) is 16.9. The van der Waals surface area contributed by atoms with Gasteiger partial charge in [-0.1, -0.05) is 32.4 Å². The number of carbonyl (C=O) groups excluding carboxylic acids is 4. The van der Waals surface area contributed by atoms with Gasteiger partial charge in [0.25, 0.3) is 0 Å². The largest absolute Gasteiger partial charge is 0.508 e. The van der Waals surface area contributed by atoms with Gasteiger partial charge in [0.1, 0.15) is 17.8 Å². The van der Waals surface area contributed by atoms with Crippen LogP contribution in [-0.2, 0) is 25.6 Å². The zero-order valence-electron chi connectivity index (χ0n) is 17.3. The molecule has 1 aromatic rings. The van der Waals surface area contributed by atoms with E-state index in [2.05, 4.69) is 10.6 Å². The average Bonchev–Trinajstić information content (AvgIpc) is 2.69. The van der Waals surface area contributed by atoms with E-state index in [0.29, 0.717) is 12.0 Å². The zero-order chi connectivity index (χ0) is 22.8. The van der Waals surface area contributed by atoms with E-state index >= 15 is 0 Å². The third kappa shape index (κ3) is 8.08. The molecule has 10 nitrogen and oxygen atoms in total. The maximum atomic E-state index is 12.9. The number of hydrogen-bond acceptors (Lipinski definition) is 6. The van der Waals surface area contributed by atoms with E-state index in [1.165, 1.54) is 12.1 Å². The fourth-order valence-corrected chi connectivity index (χ4v) is 2.77. The quantitative estimate of drug-likeness (QED) is 0.251. The van der Waals surface area contributed by atoms with E-state index in [4.69, 9.17) is 17.2 Å². The maximum Gasteiger partial charge on any atom is 0.243 e. The third-order valence-electron chi connectivity index (χ3n) is 4.86. The highest BCUT2D eigenvalue weighted by Crippen LogP contribution is 2.13. The molecule has 0 saturated carbocycles. The van der Waals surface area contributed by atoms with Gasteiger partial charge in [-0.3, -0.25) is 19.2 Å². The van der Waals surface area contributed by atoms with E-state index in [-0.39, 0.29) is 30.9 Å². The predicted molar refractivity (Wildman–Crippen MR) is 111 cm³/mol. The Hall–Kier alpha value is -3.14. The molecule has 0 bridgehead atoms. The third-order valence-corrected chi connectivity index (χ3v) is 4.86. The summed E-state index contributed by atoms with van der Waals surface area (Å²) in [6.07, 6.45) is 0.667. The van der Waals surface area contributed by atoms with Crippen LogP contribution in [0.4, 0.5) is 0 Å². The molecule has 4 amide bonds. The summed E-state index contributed by atoms with van der Waals surface area (Å²) in [7, 11) is 0. The lowest BCUT2D eigenvalue weighted by molar-refractivity contribution is -0.132. The number of carbonyl (C=O) groups is 4. The molecule has 0 unspecified atom stereocenters. The van der Waals surface area contributed by atoms with Crippen molar-refractivity contribution >= 4 is 23.6 Å². The van der Waals surface area contributed by atoms with Crippen LogP contribution in [0.2, 0.25) is 0 Å². The van der Waals surface area contributed by atoms with Crippen LogP contribution < -0.4 is 27.8 Å². The molecule has 10 heteroatoms. The molecule has 1 rings (SSSR count). The highest BCUT2D eigenvalue weighted by atomic mass is 16.3. The fraction of sp³-hybridized carbons (Fsp3) is 0.500. The summed E-state index contributed by atoms with van der Waals surface area (Å²) in [6.45, 7) is 3.64.